The number of rotatable bonds is 1. The van der Waals surface area contributed by atoms with Crippen LogP contribution in [0.25, 0.3) is 0 Å². The smallest absolute Gasteiger partial charge is 0.256 e. The summed E-state index contributed by atoms with van der Waals surface area (Å²) >= 11 is 0. The Balaban J connectivity index is 1.94. The molecule has 5 nitrogen and oxygen atoms in total. The minimum absolute atomic E-state index is 0.135. The van der Waals surface area contributed by atoms with Gasteiger partial charge in [0.05, 0.1) is 11.3 Å². The van der Waals surface area contributed by atoms with Crippen LogP contribution in [0, 0.1) is 6.92 Å². The highest BCUT2D eigenvalue weighted by Crippen LogP contribution is 2.23. The molecule has 1 aliphatic heterocycles. The van der Waals surface area contributed by atoms with Gasteiger partial charge in [-0.15, -0.1) is 0 Å². The molecule has 0 fully saturated rings. The molecule has 0 aromatic carbocycles. The van der Waals surface area contributed by atoms with E-state index in [0.717, 1.165) is 11.3 Å². The SMILES string of the molecule is Cc1ccc([C@H]2NC(=O)c3cccnc3N2)nc1. The molecule has 18 heavy (non-hydrogen) atoms. The van der Waals surface area contributed by atoms with Gasteiger partial charge in [0.1, 0.15) is 12.0 Å². The van der Waals surface area contributed by atoms with E-state index in [1.54, 1.807) is 24.5 Å². The molecule has 0 radical (unpaired) electrons. The first-order valence-corrected chi connectivity index (χ1v) is 5.69. The van der Waals surface area contributed by atoms with E-state index in [0.29, 0.717) is 11.4 Å². The van der Waals surface area contributed by atoms with Crippen LogP contribution in [0.3, 0.4) is 0 Å². The fourth-order valence-corrected chi connectivity index (χ4v) is 1.88. The number of aryl methyl sites for hydroxylation is 1. The number of hydrogen-bond donors (Lipinski definition) is 2. The first-order chi connectivity index (χ1) is 8.74. The Hall–Kier alpha value is -2.43. The van der Waals surface area contributed by atoms with E-state index in [1.807, 2.05) is 19.1 Å². The topological polar surface area (TPSA) is 66.9 Å². The average molecular weight is 240 g/mol. The minimum Gasteiger partial charge on any atom is -0.344 e. The summed E-state index contributed by atoms with van der Waals surface area (Å²) in [4.78, 5) is 20.4. The van der Waals surface area contributed by atoms with E-state index in [1.165, 1.54) is 0 Å². The number of nitrogens with one attached hydrogen (secondary N) is 2. The van der Waals surface area contributed by atoms with Crippen molar-refractivity contribution in [2.75, 3.05) is 5.32 Å². The minimum atomic E-state index is -0.333. The molecule has 1 amide bonds. The van der Waals surface area contributed by atoms with Gasteiger partial charge in [0.15, 0.2) is 0 Å². The molecule has 3 rings (SSSR count). The van der Waals surface area contributed by atoms with Gasteiger partial charge in [0.25, 0.3) is 5.91 Å². The lowest BCUT2D eigenvalue weighted by molar-refractivity contribution is 0.0934. The molecule has 0 unspecified atom stereocenters. The standard InChI is InChI=1S/C13H12N4O/c1-8-4-5-10(15-7-8)12-16-11-9(13(18)17-12)3-2-6-14-11/h2-7,12H,1H3,(H,14,16)(H,17,18)/t12-/m1/s1. The molecule has 0 spiro atoms. The van der Waals surface area contributed by atoms with Crippen LogP contribution < -0.4 is 10.6 Å². The third kappa shape index (κ3) is 1.79. The number of amides is 1. The molecule has 3 heterocycles. The van der Waals surface area contributed by atoms with Gasteiger partial charge in [-0.3, -0.25) is 9.78 Å². The molecule has 0 bridgehead atoms. The summed E-state index contributed by atoms with van der Waals surface area (Å²) in [6.07, 6.45) is 3.10. The van der Waals surface area contributed by atoms with Crippen molar-refractivity contribution in [1.82, 2.24) is 15.3 Å². The Morgan fingerprint density at radius 2 is 2.06 bits per heavy atom. The van der Waals surface area contributed by atoms with E-state index >= 15 is 0 Å². The highest BCUT2D eigenvalue weighted by molar-refractivity contribution is 6.00. The van der Waals surface area contributed by atoms with Crippen molar-refractivity contribution in [1.29, 1.82) is 0 Å². The van der Waals surface area contributed by atoms with E-state index in [2.05, 4.69) is 20.6 Å². The summed E-state index contributed by atoms with van der Waals surface area (Å²) in [6.45, 7) is 1.97. The molecule has 0 aliphatic carbocycles. The fourth-order valence-electron chi connectivity index (χ4n) is 1.88. The van der Waals surface area contributed by atoms with Crippen molar-refractivity contribution >= 4 is 11.7 Å². The maximum atomic E-state index is 11.9. The van der Waals surface area contributed by atoms with E-state index in [9.17, 15) is 4.79 Å². The number of pyridine rings is 2. The summed E-state index contributed by atoms with van der Waals surface area (Å²) < 4.78 is 0. The van der Waals surface area contributed by atoms with Gasteiger partial charge in [-0.1, -0.05) is 6.07 Å². The first-order valence-electron chi connectivity index (χ1n) is 5.69. The van der Waals surface area contributed by atoms with Crippen LogP contribution in [0.2, 0.25) is 0 Å². The van der Waals surface area contributed by atoms with Crippen LogP contribution in [-0.4, -0.2) is 15.9 Å². The highest BCUT2D eigenvalue weighted by Gasteiger charge is 2.25. The summed E-state index contributed by atoms with van der Waals surface area (Å²) in [5.74, 6) is 0.456. The van der Waals surface area contributed by atoms with Gasteiger partial charge in [-0.25, -0.2) is 4.98 Å². The van der Waals surface area contributed by atoms with Crippen molar-refractivity contribution in [3.8, 4) is 0 Å². The first kappa shape index (κ1) is 10.7. The quantitative estimate of drug-likeness (QED) is 0.795. The monoisotopic (exact) mass is 240 g/mol. The zero-order chi connectivity index (χ0) is 12.5. The van der Waals surface area contributed by atoms with Gasteiger partial charge in [0.2, 0.25) is 0 Å². The number of carbonyl (C=O) groups is 1. The third-order valence-corrected chi connectivity index (χ3v) is 2.84. The zero-order valence-corrected chi connectivity index (χ0v) is 9.84. The molecule has 5 heteroatoms. The van der Waals surface area contributed by atoms with Crippen molar-refractivity contribution in [3.63, 3.8) is 0 Å². The number of anilines is 1. The van der Waals surface area contributed by atoms with E-state index in [4.69, 9.17) is 0 Å². The lowest BCUT2D eigenvalue weighted by atomic mass is 10.1. The van der Waals surface area contributed by atoms with Crippen LogP contribution in [0.1, 0.15) is 27.8 Å². The maximum Gasteiger partial charge on any atom is 0.256 e. The summed E-state index contributed by atoms with van der Waals surface area (Å²) in [5, 5.41) is 6.01. The lowest BCUT2D eigenvalue weighted by Gasteiger charge is -2.26. The maximum absolute atomic E-state index is 11.9. The second-order valence-corrected chi connectivity index (χ2v) is 4.21. The van der Waals surface area contributed by atoms with Crippen LogP contribution in [-0.2, 0) is 0 Å². The molecule has 1 aliphatic rings. The van der Waals surface area contributed by atoms with Crippen molar-refractivity contribution in [3.05, 3.63) is 53.5 Å². The fraction of sp³-hybridized carbons (Fsp3) is 0.154. The second kappa shape index (κ2) is 4.10. The van der Waals surface area contributed by atoms with Crippen molar-refractivity contribution < 1.29 is 4.79 Å². The third-order valence-electron chi connectivity index (χ3n) is 2.84. The number of fused-ring (bicyclic) bond motifs is 1. The predicted molar refractivity (Wildman–Crippen MR) is 67.0 cm³/mol. The molecule has 1 atom stereocenters. The van der Waals surface area contributed by atoms with Gasteiger partial charge < -0.3 is 10.6 Å². The van der Waals surface area contributed by atoms with Crippen LogP contribution in [0.15, 0.2) is 36.7 Å². The molecular formula is C13H12N4O. The van der Waals surface area contributed by atoms with Crippen LogP contribution in [0.5, 0.6) is 0 Å². The van der Waals surface area contributed by atoms with Gasteiger partial charge in [-0.2, -0.15) is 0 Å². The molecule has 90 valence electrons. The Morgan fingerprint density at radius 3 is 2.83 bits per heavy atom. The Morgan fingerprint density at radius 1 is 1.17 bits per heavy atom. The largest absolute Gasteiger partial charge is 0.344 e. The van der Waals surface area contributed by atoms with Gasteiger partial charge >= 0.3 is 0 Å². The van der Waals surface area contributed by atoms with Gasteiger partial charge in [0, 0.05) is 12.4 Å². The van der Waals surface area contributed by atoms with Gasteiger partial charge in [-0.05, 0) is 30.7 Å². The number of carbonyl (C=O) groups excluding carboxylic acids is 1. The molecule has 2 aromatic heterocycles. The summed E-state index contributed by atoms with van der Waals surface area (Å²) in [6, 6.07) is 7.33. The Labute approximate surface area is 104 Å². The lowest BCUT2D eigenvalue weighted by Crippen LogP contribution is -2.39. The predicted octanol–water partition coefficient (Wildman–Crippen LogP) is 1.64. The Kier molecular flexibility index (Phi) is 2.44. The summed E-state index contributed by atoms with van der Waals surface area (Å²) in [7, 11) is 0. The zero-order valence-electron chi connectivity index (χ0n) is 9.84. The highest BCUT2D eigenvalue weighted by atomic mass is 16.2. The summed E-state index contributed by atoms with van der Waals surface area (Å²) in [5.41, 5.74) is 2.41. The normalized spacial score (nSPS) is 17.6. The molecular weight excluding hydrogens is 228 g/mol. The number of nitrogens with zero attached hydrogens (tertiary/aromatic N) is 2. The second-order valence-electron chi connectivity index (χ2n) is 4.21. The van der Waals surface area contributed by atoms with Crippen LogP contribution >= 0.6 is 0 Å². The average Bonchev–Trinajstić information content (AvgIpc) is 2.39. The van der Waals surface area contributed by atoms with E-state index in [-0.39, 0.29) is 12.1 Å². The molecule has 0 saturated heterocycles. The Bertz CT molecular complexity index is 594. The number of hydrogen-bond acceptors (Lipinski definition) is 4. The van der Waals surface area contributed by atoms with Crippen molar-refractivity contribution in [2.45, 2.75) is 13.1 Å². The molecule has 2 aromatic rings. The number of aromatic nitrogens is 2. The van der Waals surface area contributed by atoms with Crippen LogP contribution in [0.4, 0.5) is 5.82 Å². The van der Waals surface area contributed by atoms with E-state index < -0.39 is 0 Å². The molecule has 2 N–H and O–H groups in total. The van der Waals surface area contributed by atoms with Crippen molar-refractivity contribution in [2.24, 2.45) is 0 Å². The molecule has 0 saturated carbocycles.